The Balaban J connectivity index is 1.43. The van der Waals surface area contributed by atoms with Gasteiger partial charge in [-0.2, -0.15) is 0 Å². The zero-order chi connectivity index (χ0) is 28.3. The fourth-order valence-corrected chi connectivity index (χ4v) is 6.05. The van der Waals surface area contributed by atoms with Crippen molar-refractivity contribution < 1.29 is 22.7 Å². The number of aromatic nitrogens is 3. The number of nitrogens with one attached hydrogen (secondary N) is 3. The van der Waals surface area contributed by atoms with Gasteiger partial charge in [-0.3, -0.25) is 15.6 Å². The van der Waals surface area contributed by atoms with Crippen molar-refractivity contribution in [2.24, 2.45) is 5.41 Å². The van der Waals surface area contributed by atoms with Crippen LogP contribution in [0.15, 0.2) is 47.6 Å². The van der Waals surface area contributed by atoms with E-state index in [1.807, 2.05) is 6.92 Å². The Hall–Kier alpha value is -3.67. The molecule has 1 aromatic carbocycles. The number of ether oxygens (including phenoxy) is 1. The summed E-state index contributed by atoms with van der Waals surface area (Å²) in [4.78, 5) is 34.3. The molecule has 0 aliphatic heterocycles. The molecule has 2 aromatic heterocycles. The van der Waals surface area contributed by atoms with Gasteiger partial charge in [-0.25, -0.2) is 27.2 Å². The smallest absolute Gasteiger partial charge is 0.407 e. The Morgan fingerprint density at radius 3 is 2.44 bits per heavy atom. The van der Waals surface area contributed by atoms with Crippen LogP contribution in [0.2, 0.25) is 0 Å². The maximum absolute atomic E-state index is 13.3. The molecule has 11 nitrogen and oxygen atoms in total. The van der Waals surface area contributed by atoms with Crippen LogP contribution in [-0.4, -0.2) is 46.5 Å². The summed E-state index contributed by atoms with van der Waals surface area (Å²) < 4.78 is 32.6. The largest absolute Gasteiger partial charge is 0.444 e. The van der Waals surface area contributed by atoms with Crippen LogP contribution in [-0.2, 0) is 19.6 Å². The predicted octanol–water partition coefficient (Wildman–Crippen LogP) is 4.29. The number of rotatable bonds is 8. The molecule has 2 amide bonds. The molecule has 4 rings (SSSR count). The van der Waals surface area contributed by atoms with Crippen LogP contribution in [0, 0.1) is 12.3 Å². The minimum atomic E-state index is -3.84. The lowest BCUT2D eigenvalue weighted by atomic mass is 9.71. The number of hydrogen-bond donors (Lipinski definition) is 3. The molecule has 0 saturated heterocycles. The van der Waals surface area contributed by atoms with E-state index < -0.39 is 27.1 Å². The highest BCUT2D eigenvalue weighted by atomic mass is 32.2. The molecule has 0 spiro atoms. The molecule has 1 fully saturated rings. The van der Waals surface area contributed by atoms with Crippen molar-refractivity contribution in [3.8, 4) is 0 Å². The summed E-state index contributed by atoms with van der Waals surface area (Å²) in [5, 5.41) is 2.75. The van der Waals surface area contributed by atoms with Crippen LogP contribution >= 0.6 is 0 Å². The summed E-state index contributed by atoms with van der Waals surface area (Å²) in [7, 11) is -3.84. The van der Waals surface area contributed by atoms with Crippen molar-refractivity contribution in [2.75, 3.05) is 12.0 Å². The molecule has 0 atom stereocenters. The fourth-order valence-electron chi connectivity index (χ4n) is 4.76. The Morgan fingerprint density at radius 1 is 1.08 bits per heavy atom. The number of anilines is 1. The van der Waals surface area contributed by atoms with Crippen LogP contribution in [0.3, 0.4) is 0 Å². The summed E-state index contributed by atoms with van der Waals surface area (Å²) in [5.41, 5.74) is 5.86. The Kier molecular flexibility index (Phi) is 8.15. The lowest BCUT2D eigenvalue weighted by molar-refractivity contribution is -0.132. The highest BCUT2D eigenvalue weighted by Crippen LogP contribution is 2.39. The van der Waals surface area contributed by atoms with Crippen LogP contribution in [0.25, 0.3) is 11.2 Å². The van der Waals surface area contributed by atoms with E-state index in [1.54, 1.807) is 51.1 Å². The average Bonchev–Trinajstić information content (AvgIpc) is 3.31. The maximum Gasteiger partial charge on any atom is 0.407 e. The van der Waals surface area contributed by atoms with Crippen molar-refractivity contribution in [3.05, 3.63) is 48.3 Å². The number of nitrogens with zero attached hydrogens (tertiary/aromatic N) is 3. The fraction of sp³-hybridized carbons (Fsp3) is 0.481. The van der Waals surface area contributed by atoms with E-state index in [9.17, 15) is 18.0 Å². The summed E-state index contributed by atoms with van der Waals surface area (Å²) in [6, 6.07) is 8.15. The summed E-state index contributed by atoms with van der Waals surface area (Å²) in [5.74, 6) is 0.0915. The number of aryl methyl sites for hydroxylation is 1. The van der Waals surface area contributed by atoms with Crippen molar-refractivity contribution in [1.82, 2.24) is 24.7 Å². The van der Waals surface area contributed by atoms with Gasteiger partial charge in [0.2, 0.25) is 5.91 Å². The first-order valence-electron chi connectivity index (χ1n) is 13.1. The van der Waals surface area contributed by atoms with Gasteiger partial charge in [0, 0.05) is 12.7 Å². The number of alkyl carbamates (subject to hydrolysis) is 1. The molecule has 0 bridgehead atoms. The molecule has 12 heteroatoms. The molecule has 1 aliphatic rings. The van der Waals surface area contributed by atoms with Gasteiger partial charge in [-0.05, 0) is 65.2 Å². The van der Waals surface area contributed by atoms with E-state index in [4.69, 9.17) is 4.74 Å². The van der Waals surface area contributed by atoms with E-state index >= 15 is 0 Å². The summed E-state index contributed by atoms with van der Waals surface area (Å²) in [6.07, 6.45) is 7.09. The molecule has 2 heterocycles. The second kappa shape index (κ2) is 11.2. The predicted molar refractivity (Wildman–Crippen MR) is 147 cm³/mol. The van der Waals surface area contributed by atoms with Crippen LogP contribution in [0.4, 0.5) is 10.6 Å². The normalized spacial score (nSPS) is 15.5. The molecule has 0 unspecified atom stereocenters. The standard InChI is InChI=1S/C27H36N6O5S/c1-19-8-10-20(11-9-19)39(36,37)33-17-12-21-23(33)29-18-22(30-21)31-32-24(34)27(13-6-5-7-14-27)15-16-28-25(35)38-26(2,3)4/h8-12,17-18H,5-7,13-16H2,1-4H3,(H,28,35)(H,30,31)(H,32,34). The van der Waals surface area contributed by atoms with E-state index in [0.29, 0.717) is 31.3 Å². The van der Waals surface area contributed by atoms with Gasteiger partial charge >= 0.3 is 6.09 Å². The molecule has 1 saturated carbocycles. The van der Waals surface area contributed by atoms with E-state index in [-0.39, 0.29) is 22.3 Å². The number of hydrazine groups is 1. The van der Waals surface area contributed by atoms with Gasteiger partial charge in [0.1, 0.15) is 11.1 Å². The quantitative estimate of drug-likeness (QED) is 0.349. The van der Waals surface area contributed by atoms with Crippen LogP contribution in [0.1, 0.15) is 64.9 Å². The minimum absolute atomic E-state index is 0.154. The first kappa shape index (κ1) is 28.3. The number of carbonyl (C=O) groups is 2. The first-order chi connectivity index (χ1) is 18.4. The lowest BCUT2D eigenvalue weighted by Crippen LogP contribution is -2.46. The molecule has 0 radical (unpaired) electrons. The molecular formula is C27H36N6O5S. The van der Waals surface area contributed by atoms with Gasteiger partial charge in [-0.15, -0.1) is 0 Å². The van der Waals surface area contributed by atoms with Crippen molar-refractivity contribution in [2.45, 2.75) is 76.7 Å². The zero-order valence-corrected chi connectivity index (χ0v) is 23.6. The highest BCUT2D eigenvalue weighted by Gasteiger charge is 2.39. The van der Waals surface area contributed by atoms with Gasteiger partial charge < -0.3 is 10.1 Å². The minimum Gasteiger partial charge on any atom is -0.444 e. The van der Waals surface area contributed by atoms with Gasteiger partial charge in [0.05, 0.1) is 16.5 Å². The van der Waals surface area contributed by atoms with Crippen molar-refractivity contribution >= 4 is 39.0 Å². The Labute approximate surface area is 228 Å². The number of carbonyl (C=O) groups excluding carboxylic acids is 2. The van der Waals surface area contributed by atoms with Gasteiger partial charge in [-0.1, -0.05) is 37.0 Å². The third kappa shape index (κ3) is 6.67. The highest BCUT2D eigenvalue weighted by molar-refractivity contribution is 7.90. The van der Waals surface area contributed by atoms with Crippen LogP contribution < -0.4 is 16.2 Å². The molecule has 3 N–H and O–H groups in total. The number of fused-ring (bicyclic) bond motifs is 1. The number of benzene rings is 1. The van der Waals surface area contributed by atoms with E-state index in [2.05, 4.69) is 26.1 Å². The van der Waals surface area contributed by atoms with Gasteiger partial charge in [0.25, 0.3) is 10.0 Å². The molecule has 3 aromatic rings. The number of amides is 2. The monoisotopic (exact) mass is 556 g/mol. The molecule has 39 heavy (non-hydrogen) atoms. The topological polar surface area (TPSA) is 144 Å². The SMILES string of the molecule is Cc1ccc(S(=O)(=O)n2ccc3nc(NNC(=O)C4(CCNC(=O)OC(C)(C)C)CCCCC4)cnc32)cc1. The summed E-state index contributed by atoms with van der Waals surface area (Å²) >= 11 is 0. The maximum atomic E-state index is 13.3. The third-order valence-corrected chi connectivity index (χ3v) is 8.48. The van der Waals surface area contributed by atoms with Crippen LogP contribution in [0.5, 0.6) is 0 Å². The Bertz CT molecular complexity index is 1440. The van der Waals surface area contributed by atoms with Gasteiger partial charge in [0.15, 0.2) is 11.5 Å². The summed E-state index contributed by atoms with van der Waals surface area (Å²) in [6.45, 7) is 7.60. The second-order valence-corrected chi connectivity index (χ2v) is 12.8. The lowest BCUT2D eigenvalue weighted by Gasteiger charge is -2.36. The molecular weight excluding hydrogens is 520 g/mol. The zero-order valence-electron chi connectivity index (χ0n) is 22.8. The first-order valence-corrected chi connectivity index (χ1v) is 14.5. The Morgan fingerprint density at radius 2 is 1.77 bits per heavy atom. The average molecular weight is 557 g/mol. The van der Waals surface area contributed by atoms with E-state index in [0.717, 1.165) is 28.8 Å². The third-order valence-electron chi connectivity index (χ3n) is 6.80. The van der Waals surface area contributed by atoms with Crippen molar-refractivity contribution in [1.29, 1.82) is 0 Å². The van der Waals surface area contributed by atoms with E-state index in [1.165, 1.54) is 12.4 Å². The van der Waals surface area contributed by atoms with Crippen molar-refractivity contribution in [3.63, 3.8) is 0 Å². The molecule has 210 valence electrons. The molecule has 1 aliphatic carbocycles. The number of hydrogen-bond acceptors (Lipinski definition) is 8. The second-order valence-electron chi connectivity index (χ2n) is 11.0.